The van der Waals surface area contributed by atoms with E-state index < -0.39 is 0 Å². The smallest absolute Gasteiger partial charge is 0.193 e. The topological polar surface area (TPSA) is 68.9 Å². The van der Waals surface area contributed by atoms with Crippen LogP contribution in [0.15, 0.2) is 35.3 Å². The van der Waals surface area contributed by atoms with Crippen molar-refractivity contribution in [2.24, 2.45) is 10.7 Å². The molecule has 0 spiro atoms. The van der Waals surface area contributed by atoms with Crippen molar-refractivity contribution in [3.63, 3.8) is 0 Å². The second-order valence-corrected chi connectivity index (χ2v) is 3.36. The molecule has 0 atom stereocenters. The first kappa shape index (κ1) is 13.5. The van der Waals surface area contributed by atoms with Crippen molar-refractivity contribution < 1.29 is 9.47 Å². The largest absolute Gasteiger partial charge is 0.382 e. The monoisotopic (exact) mass is 237 g/mol. The summed E-state index contributed by atoms with van der Waals surface area (Å²) in [5.74, 6) is 0.395. The number of aliphatic imine (C=N–C) groups is 1. The number of methoxy groups -OCH3 is 1. The second kappa shape index (κ2) is 8.55. The van der Waals surface area contributed by atoms with E-state index in [1.807, 2.05) is 30.3 Å². The maximum absolute atomic E-state index is 5.71. The number of nitrogens with one attached hydrogen (secondary N) is 1. The lowest BCUT2D eigenvalue weighted by atomic mass is 10.3. The summed E-state index contributed by atoms with van der Waals surface area (Å²) >= 11 is 0. The van der Waals surface area contributed by atoms with E-state index in [9.17, 15) is 0 Å². The molecular formula is C12H19N3O2. The Balaban J connectivity index is 2.17. The maximum Gasteiger partial charge on any atom is 0.193 e. The minimum absolute atomic E-state index is 0.395. The lowest BCUT2D eigenvalue weighted by Gasteiger charge is -2.05. The normalized spacial score (nSPS) is 11.5. The van der Waals surface area contributed by atoms with Crippen LogP contribution in [0.5, 0.6) is 0 Å². The van der Waals surface area contributed by atoms with Gasteiger partial charge < -0.3 is 20.5 Å². The van der Waals surface area contributed by atoms with Gasteiger partial charge in [0.1, 0.15) is 0 Å². The molecule has 0 amide bonds. The number of ether oxygens (including phenoxy) is 2. The quantitative estimate of drug-likeness (QED) is 0.423. The second-order valence-electron chi connectivity index (χ2n) is 3.36. The van der Waals surface area contributed by atoms with Crippen LogP contribution in [0.2, 0.25) is 0 Å². The van der Waals surface area contributed by atoms with Crippen molar-refractivity contribution in [1.82, 2.24) is 0 Å². The highest BCUT2D eigenvalue weighted by molar-refractivity contribution is 5.92. The minimum Gasteiger partial charge on any atom is -0.382 e. The van der Waals surface area contributed by atoms with Gasteiger partial charge in [-0.2, -0.15) is 0 Å². The Morgan fingerprint density at radius 1 is 1.24 bits per heavy atom. The molecule has 0 aliphatic carbocycles. The van der Waals surface area contributed by atoms with Gasteiger partial charge in [-0.1, -0.05) is 18.2 Å². The Hall–Kier alpha value is -1.59. The van der Waals surface area contributed by atoms with Gasteiger partial charge in [0.15, 0.2) is 5.96 Å². The molecule has 3 N–H and O–H groups in total. The number of nitrogens with zero attached hydrogens (tertiary/aromatic N) is 1. The summed E-state index contributed by atoms with van der Waals surface area (Å²) in [5.41, 5.74) is 6.63. The molecule has 1 rings (SSSR count). The van der Waals surface area contributed by atoms with Crippen LogP contribution in [-0.4, -0.2) is 39.4 Å². The molecule has 5 heteroatoms. The first-order valence-corrected chi connectivity index (χ1v) is 5.51. The van der Waals surface area contributed by atoms with Crippen molar-refractivity contribution in [1.29, 1.82) is 0 Å². The van der Waals surface area contributed by atoms with Crippen LogP contribution in [-0.2, 0) is 9.47 Å². The molecule has 0 radical (unpaired) electrons. The molecule has 0 bridgehead atoms. The number of nitrogens with two attached hydrogens (primary N) is 1. The average Bonchev–Trinajstić information content (AvgIpc) is 2.35. The summed E-state index contributed by atoms with van der Waals surface area (Å²) in [5, 5.41) is 2.99. The number of hydrogen-bond acceptors (Lipinski definition) is 3. The zero-order valence-electron chi connectivity index (χ0n) is 10.1. The van der Waals surface area contributed by atoms with Crippen LogP contribution < -0.4 is 11.1 Å². The van der Waals surface area contributed by atoms with Crippen molar-refractivity contribution in [2.75, 3.05) is 38.8 Å². The number of anilines is 1. The Kier molecular flexibility index (Phi) is 6.78. The number of rotatable bonds is 7. The van der Waals surface area contributed by atoms with E-state index in [-0.39, 0.29) is 0 Å². The molecule has 0 unspecified atom stereocenters. The van der Waals surface area contributed by atoms with Crippen molar-refractivity contribution in [3.8, 4) is 0 Å². The average molecular weight is 237 g/mol. The fourth-order valence-corrected chi connectivity index (χ4v) is 1.18. The highest BCUT2D eigenvalue weighted by Crippen LogP contribution is 2.03. The Morgan fingerprint density at radius 2 is 2.00 bits per heavy atom. The van der Waals surface area contributed by atoms with Gasteiger partial charge in [0.25, 0.3) is 0 Å². The first-order valence-electron chi connectivity index (χ1n) is 5.51. The van der Waals surface area contributed by atoms with E-state index in [0.717, 1.165) is 5.69 Å². The molecule has 0 saturated carbocycles. The summed E-state index contributed by atoms with van der Waals surface area (Å²) in [7, 11) is 1.64. The number of guanidine groups is 1. The van der Waals surface area contributed by atoms with Crippen LogP contribution in [0.1, 0.15) is 0 Å². The number of benzene rings is 1. The van der Waals surface area contributed by atoms with E-state index in [1.54, 1.807) is 7.11 Å². The third-order valence-corrected chi connectivity index (χ3v) is 2.00. The molecule has 0 heterocycles. The molecule has 0 aliphatic rings. The van der Waals surface area contributed by atoms with Gasteiger partial charge >= 0.3 is 0 Å². The molecule has 1 aromatic carbocycles. The van der Waals surface area contributed by atoms with Crippen LogP contribution in [0.3, 0.4) is 0 Å². The van der Waals surface area contributed by atoms with Gasteiger partial charge in [-0.15, -0.1) is 0 Å². The maximum atomic E-state index is 5.71. The molecule has 5 nitrogen and oxygen atoms in total. The number of para-hydroxylation sites is 1. The zero-order chi connectivity index (χ0) is 12.3. The summed E-state index contributed by atoms with van der Waals surface area (Å²) in [4.78, 5) is 4.13. The standard InChI is InChI=1S/C12H19N3O2/c1-16-9-10-17-8-7-14-12(13)15-11-5-3-2-4-6-11/h2-6H,7-10H2,1H3,(H3,13,14,15). The van der Waals surface area contributed by atoms with E-state index >= 15 is 0 Å². The van der Waals surface area contributed by atoms with Gasteiger partial charge in [0.05, 0.1) is 26.4 Å². The summed E-state index contributed by atoms with van der Waals surface area (Å²) in [6.45, 7) is 2.26. The van der Waals surface area contributed by atoms with E-state index in [2.05, 4.69) is 10.3 Å². The fourth-order valence-electron chi connectivity index (χ4n) is 1.18. The molecule has 17 heavy (non-hydrogen) atoms. The molecule has 1 aromatic rings. The van der Waals surface area contributed by atoms with Crippen LogP contribution in [0, 0.1) is 0 Å². The third-order valence-electron chi connectivity index (χ3n) is 2.00. The fraction of sp³-hybridized carbons (Fsp3) is 0.417. The summed E-state index contributed by atoms with van der Waals surface area (Å²) in [6, 6.07) is 9.67. The van der Waals surface area contributed by atoms with Crippen LogP contribution in [0.25, 0.3) is 0 Å². The van der Waals surface area contributed by atoms with Gasteiger partial charge in [0.2, 0.25) is 0 Å². The minimum atomic E-state index is 0.395. The van der Waals surface area contributed by atoms with Crippen molar-refractivity contribution in [3.05, 3.63) is 30.3 Å². The van der Waals surface area contributed by atoms with E-state index in [1.165, 1.54) is 0 Å². The van der Waals surface area contributed by atoms with Crippen LogP contribution >= 0.6 is 0 Å². The highest BCUT2D eigenvalue weighted by Gasteiger charge is 1.93. The molecule has 94 valence electrons. The van der Waals surface area contributed by atoms with Gasteiger partial charge in [-0.3, -0.25) is 4.99 Å². The summed E-state index contributed by atoms with van der Waals surface area (Å²) < 4.78 is 10.1. The highest BCUT2D eigenvalue weighted by atomic mass is 16.5. The SMILES string of the molecule is COCCOCCN=C(N)Nc1ccccc1. The Bertz CT molecular complexity index is 328. The Morgan fingerprint density at radius 3 is 2.71 bits per heavy atom. The lowest BCUT2D eigenvalue weighted by molar-refractivity contribution is 0.0748. The predicted octanol–water partition coefficient (Wildman–Crippen LogP) is 1.08. The third kappa shape index (κ3) is 6.55. The van der Waals surface area contributed by atoms with E-state index in [4.69, 9.17) is 15.2 Å². The lowest BCUT2D eigenvalue weighted by Crippen LogP contribution is -2.23. The predicted molar refractivity (Wildman–Crippen MR) is 69.2 cm³/mol. The van der Waals surface area contributed by atoms with Crippen LogP contribution in [0.4, 0.5) is 5.69 Å². The van der Waals surface area contributed by atoms with Gasteiger partial charge in [0, 0.05) is 12.8 Å². The molecule has 0 aromatic heterocycles. The Labute approximate surface area is 102 Å². The summed E-state index contributed by atoms with van der Waals surface area (Å²) in [6.07, 6.45) is 0. The molecular weight excluding hydrogens is 218 g/mol. The van der Waals surface area contributed by atoms with Gasteiger partial charge in [-0.05, 0) is 12.1 Å². The first-order chi connectivity index (χ1) is 8.33. The zero-order valence-corrected chi connectivity index (χ0v) is 10.1. The molecule has 0 saturated heterocycles. The van der Waals surface area contributed by atoms with Gasteiger partial charge in [-0.25, -0.2) is 0 Å². The van der Waals surface area contributed by atoms with E-state index in [0.29, 0.717) is 32.3 Å². The number of hydrogen-bond donors (Lipinski definition) is 2. The molecule has 0 aliphatic heterocycles. The molecule has 0 fully saturated rings. The van der Waals surface area contributed by atoms with Crippen molar-refractivity contribution in [2.45, 2.75) is 0 Å². The van der Waals surface area contributed by atoms with Crippen molar-refractivity contribution >= 4 is 11.6 Å².